The second-order valence-electron chi connectivity index (χ2n) is 6.06. The Morgan fingerprint density at radius 2 is 2.08 bits per heavy atom. The highest BCUT2D eigenvalue weighted by Gasteiger charge is 2.20. The molecule has 3 nitrogen and oxygen atoms in total. The first-order chi connectivity index (χ1) is 11.6. The Balaban J connectivity index is 1.66. The van der Waals surface area contributed by atoms with E-state index in [1.807, 2.05) is 0 Å². The van der Waals surface area contributed by atoms with Crippen molar-refractivity contribution >= 4 is 11.6 Å². The van der Waals surface area contributed by atoms with E-state index in [0.29, 0.717) is 34.9 Å². The van der Waals surface area contributed by atoms with E-state index in [9.17, 15) is 4.39 Å². The number of benzene rings is 2. The standard InChI is InChI=1S/C19H21ClFNO2/c1-22-10-3-5-16(22)9-11-23-18-8-7-15(21)13-19(18)24-17-6-2-4-14(20)12-17/h2,4,6-8,12-13,16H,3,5,9-11H2,1H3/t16-/m1/s1. The lowest BCUT2D eigenvalue weighted by atomic mass is 10.1. The molecular weight excluding hydrogens is 329 g/mol. The summed E-state index contributed by atoms with van der Waals surface area (Å²) >= 11 is 5.96. The van der Waals surface area contributed by atoms with Crippen LogP contribution < -0.4 is 9.47 Å². The summed E-state index contributed by atoms with van der Waals surface area (Å²) in [5, 5.41) is 0.565. The Kier molecular flexibility index (Phi) is 5.59. The summed E-state index contributed by atoms with van der Waals surface area (Å²) in [6.45, 7) is 1.72. The highest BCUT2D eigenvalue weighted by Crippen LogP contribution is 2.33. The smallest absolute Gasteiger partial charge is 0.172 e. The lowest BCUT2D eigenvalue weighted by molar-refractivity contribution is 0.229. The molecule has 24 heavy (non-hydrogen) atoms. The summed E-state index contributed by atoms with van der Waals surface area (Å²) < 4.78 is 25.2. The molecule has 1 aliphatic heterocycles. The minimum absolute atomic E-state index is 0.358. The number of nitrogens with zero attached hydrogens (tertiary/aromatic N) is 1. The van der Waals surface area contributed by atoms with Crippen LogP contribution in [-0.4, -0.2) is 31.1 Å². The van der Waals surface area contributed by atoms with Crippen LogP contribution in [0.3, 0.4) is 0 Å². The Morgan fingerprint density at radius 3 is 2.83 bits per heavy atom. The number of hydrogen-bond acceptors (Lipinski definition) is 3. The normalized spacial score (nSPS) is 17.9. The summed E-state index contributed by atoms with van der Waals surface area (Å²) in [6.07, 6.45) is 3.39. The van der Waals surface area contributed by atoms with Crippen LogP contribution in [0.2, 0.25) is 5.02 Å². The summed E-state index contributed by atoms with van der Waals surface area (Å²) in [7, 11) is 2.14. The van der Waals surface area contributed by atoms with E-state index >= 15 is 0 Å². The largest absolute Gasteiger partial charge is 0.490 e. The Bertz CT molecular complexity index is 695. The molecule has 0 aromatic heterocycles. The van der Waals surface area contributed by atoms with Gasteiger partial charge in [0.25, 0.3) is 0 Å². The van der Waals surface area contributed by atoms with Crippen molar-refractivity contribution in [2.24, 2.45) is 0 Å². The average Bonchev–Trinajstić information content (AvgIpc) is 2.95. The first kappa shape index (κ1) is 17.1. The zero-order chi connectivity index (χ0) is 16.9. The maximum atomic E-state index is 13.6. The molecule has 0 N–H and O–H groups in total. The van der Waals surface area contributed by atoms with Crippen LogP contribution in [0.5, 0.6) is 17.2 Å². The quantitative estimate of drug-likeness (QED) is 0.721. The molecule has 1 saturated heterocycles. The van der Waals surface area contributed by atoms with E-state index in [2.05, 4.69) is 11.9 Å². The van der Waals surface area contributed by atoms with Crippen LogP contribution in [0.15, 0.2) is 42.5 Å². The van der Waals surface area contributed by atoms with Crippen molar-refractivity contribution in [2.75, 3.05) is 20.2 Å². The van der Waals surface area contributed by atoms with Crippen molar-refractivity contribution in [3.8, 4) is 17.2 Å². The molecule has 3 rings (SSSR count). The molecule has 2 aromatic carbocycles. The zero-order valence-electron chi connectivity index (χ0n) is 13.7. The van der Waals surface area contributed by atoms with Crippen LogP contribution >= 0.6 is 11.6 Å². The zero-order valence-corrected chi connectivity index (χ0v) is 14.4. The first-order valence-corrected chi connectivity index (χ1v) is 8.55. The van der Waals surface area contributed by atoms with E-state index < -0.39 is 0 Å². The van der Waals surface area contributed by atoms with Crippen molar-refractivity contribution in [3.63, 3.8) is 0 Å². The molecule has 0 radical (unpaired) electrons. The third-order valence-electron chi connectivity index (χ3n) is 4.31. The van der Waals surface area contributed by atoms with Crippen molar-refractivity contribution in [3.05, 3.63) is 53.3 Å². The fourth-order valence-electron chi connectivity index (χ4n) is 2.99. The van der Waals surface area contributed by atoms with Crippen LogP contribution in [0.25, 0.3) is 0 Å². The Morgan fingerprint density at radius 1 is 1.21 bits per heavy atom. The fourth-order valence-corrected chi connectivity index (χ4v) is 3.17. The average molecular weight is 350 g/mol. The van der Waals surface area contributed by atoms with Gasteiger partial charge in [0, 0.05) is 17.1 Å². The number of hydrogen-bond donors (Lipinski definition) is 0. The predicted octanol–water partition coefficient (Wildman–Crippen LogP) is 5.13. The Hall–Kier alpha value is -1.78. The highest BCUT2D eigenvalue weighted by molar-refractivity contribution is 6.30. The van der Waals surface area contributed by atoms with Gasteiger partial charge in [-0.05, 0) is 63.2 Å². The third-order valence-corrected chi connectivity index (χ3v) is 4.54. The van der Waals surface area contributed by atoms with E-state index in [4.69, 9.17) is 21.1 Å². The van der Waals surface area contributed by atoms with Gasteiger partial charge in [-0.3, -0.25) is 0 Å². The number of ether oxygens (including phenoxy) is 2. The molecule has 0 amide bonds. The molecule has 5 heteroatoms. The van der Waals surface area contributed by atoms with Crippen molar-refractivity contribution in [1.29, 1.82) is 0 Å². The molecule has 1 atom stereocenters. The molecule has 0 aliphatic carbocycles. The van der Waals surface area contributed by atoms with E-state index in [1.165, 1.54) is 25.0 Å². The maximum Gasteiger partial charge on any atom is 0.172 e. The van der Waals surface area contributed by atoms with Crippen LogP contribution in [0.1, 0.15) is 19.3 Å². The molecule has 0 bridgehead atoms. The third kappa shape index (κ3) is 4.40. The topological polar surface area (TPSA) is 21.7 Å². The van der Waals surface area contributed by atoms with Crippen LogP contribution in [-0.2, 0) is 0 Å². The molecule has 0 saturated carbocycles. The van der Waals surface area contributed by atoms with Gasteiger partial charge in [-0.25, -0.2) is 4.39 Å². The maximum absolute atomic E-state index is 13.6. The van der Waals surface area contributed by atoms with E-state index in [-0.39, 0.29) is 5.82 Å². The summed E-state index contributed by atoms with van der Waals surface area (Å²) in [6, 6.07) is 11.9. The van der Waals surface area contributed by atoms with Crippen LogP contribution in [0.4, 0.5) is 4.39 Å². The van der Waals surface area contributed by atoms with Crippen molar-refractivity contribution in [1.82, 2.24) is 4.90 Å². The number of rotatable bonds is 6. The van der Waals surface area contributed by atoms with Gasteiger partial charge in [0.1, 0.15) is 11.6 Å². The lowest BCUT2D eigenvalue weighted by Gasteiger charge is -2.20. The highest BCUT2D eigenvalue weighted by atomic mass is 35.5. The van der Waals surface area contributed by atoms with Crippen LogP contribution in [0, 0.1) is 5.82 Å². The van der Waals surface area contributed by atoms with E-state index in [0.717, 1.165) is 13.0 Å². The molecule has 128 valence electrons. The van der Waals surface area contributed by atoms with Gasteiger partial charge in [-0.1, -0.05) is 17.7 Å². The predicted molar refractivity (Wildman–Crippen MR) is 93.7 cm³/mol. The summed E-state index contributed by atoms with van der Waals surface area (Å²) in [4.78, 5) is 2.36. The summed E-state index contributed by atoms with van der Waals surface area (Å²) in [5.74, 6) is 1.08. The monoisotopic (exact) mass is 349 g/mol. The van der Waals surface area contributed by atoms with Gasteiger partial charge in [0.2, 0.25) is 0 Å². The van der Waals surface area contributed by atoms with E-state index in [1.54, 1.807) is 30.3 Å². The van der Waals surface area contributed by atoms with Crippen molar-refractivity contribution in [2.45, 2.75) is 25.3 Å². The molecule has 1 fully saturated rings. The Labute approximate surface area is 146 Å². The van der Waals surface area contributed by atoms with Gasteiger partial charge in [0.05, 0.1) is 6.61 Å². The minimum atomic E-state index is -0.366. The molecule has 0 spiro atoms. The lowest BCUT2D eigenvalue weighted by Crippen LogP contribution is -2.26. The van der Waals surface area contributed by atoms with Gasteiger partial charge >= 0.3 is 0 Å². The number of halogens is 2. The van der Waals surface area contributed by atoms with Gasteiger partial charge in [0.15, 0.2) is 11.5 Å². The SMILES string of the molecule is CN1CCC[C@@H]1CCOc1ccc(F)cc1Oc1cccc(Cl)c1. The molecular formula is C19H21ClFNO2. The summed E-state index contributed by atoms with van der Waals surface area (Å²) in [5.41, 5.74) is 0. The molecule has 1 aliphatic rings. The molecule has 0 unspecified atom stereocenters. The second kappa shape index (κ2) is 7.86. The first-order valence-electron chi connectivity index (χ1n) is 8.18. The number of likely N-dealkylation sites (tertiary alicyclic amines) is 1. The molecule has 1 heterocycles. The van der Waals surface area contributed by atoms with Gasteiger partial charge in [-0.15, -0.1) is 0 Å². The molecule has 2 aromatic rings. The van der Waals surface area contributed by atoms with Gasteiger partial charge in [-0.2, -0.15) is 0 Å². The second-order valence-corrected chi connectivity index (χ2v) is 6.50. The van der Waals surface area contributed by atoms with Gasteiger partial charge < -0.3 is 14.4 Å². The van der Waals surface area contributed by atoms with Crippen molar-refractivity contribution < 1.29 is 13.9 Å². The fraction of sp³-hybridized carbons (Fsp3) is 0.368. The minimum Gasteiger partial charge on any atom is -0.490 e.